The smallest absolute Gasteiger partial charge is 0.255 e. The third kappa shape index (κ3) is 3.18. The molecule has 1 saturated heterocycles. The monoisotopic (exact) mass is 441 g/mol. The number of rotatable bonds is 7. The van der Waals surface area contributed by atoms with Gasteiger partial charge in [0, 0.05) is 36.5 Å². The first-order valence-electron chi connectivity index (χ1n) is 12.2. The number of hydrogen-bond donors (Lipinski definition) is 0. The van der Waals surface area contributed by atoms with Crippen LogP contribution in [-0.2, 0) is 6.54 Å². The molecule has 3 aliphatic rings. The average molecular weight is 442 g/mol. The van der Waals surface area contributed by atoms with Crippen molar-refractivity contribution in [2.75, 3.05) is 6.54 Å². The molecule has 4 heterocycles. The first-order valence-corrected chi connectivity index (χ1v) is 12.2. The van der Waals surface area contributed by atoms with Gasteiger partial charge in [-0.3, -0.25) is 4.79 Å². The summed E-state index contributed by atoms with van der Waals surface area (Å²) in [6, 6.07) is 6.55. The number of aliphatic imine (C=N–C) groups is 1. The third-order valence-electron chi connectivity index (χ3n) is 8.00. The van der Waals surface area contributed by atoms with Crippen molar-refractivity contribution >= 4 is 30.0 Å². The molecule has 0 aromatic carbocycles. The summed E-state index contributed by atoms with van der Waals surface area (Å²) in [5.74, 6) is 3.06. The molecule has 33 heavy (non-hydrogen) atoms. The zero-order chi connectivity index (χ0) is 22.9. The van der Waals surface area contributed by atoms with Crippen molar-refractivity contribution in [3.8, 4) is 11.4 Å². The molecule has 3 fully saturated rings. The van der Waals surface area contributed by atoms with E-state index in [9.17, 15) is 4.79 Å². The average Bonchev–Trinajstić information content (AvgIpc) is 3.72. The van der Waals surface area contributed by atoms with Gasteiger partial charge in [0.15, 0.2) is 0 Å². The Morgan fingerprint density at radius 2 is 2.15 bits per heavy atom. The number of piperidine rings is 1. The molecule has 2 aliphatic carbocycles. The van der Waals surface area contributed by atoms with E-state index < -0.39 is 0 Å². The maximum Gasteiger partial charge on any atom is 0.255 e. The van der Waals surface area contributed by atoms with Gasteiger partial charge in [-0.1, -0.05) is 26.0 Å². The molecular formula is C27H31N5O. The molecule has 1 aliphatic heterocycles. The Morgan fingerprint density at radius 3 is 2.82 bits per heavy atom. The van der Waals surface area contributed by atoms with Crippen molar-refractivity contribution < 1.29 is 4.79 Å². The number of likely N-dealkylation sites (tertiary alicyclic amines) is 1. The SMILES string of the molecule is C=Cc1cc(-c2nn3cc(C(=O)N4CC(CC)[C@H]5CC54)ccc3c2C)n(CC2CC2)c1N=C. The zero-order valence-corrected chi connectivity index (χ0v) is 19.5. The fraction of sp³-hybridized carbons (Fsp3) is 0.444. The highest BCUT2D eigenvalue weighted by Crippen LogP contribution is 2.49. The van der Waals surface area contributed by atoms with Crippen LogP contribution in [-0.4, -0.2) is 44.3 Å². The molecule has 170 valence electrons. The summed E-state index contributed by atoms with van der Waals surface area (Å²) in [4.78, 5) is 19.7. The number of pyridine rings is 1. The molecule has 6 nitrogen and oxygen atoms in total. The van der Waals surface area contributed by atoms with E-state index in [4.69, 9.17) is 5.10 Å². The first kappa shape index (κ1) is 20.5. The molecule has 3 atom stereocenters. The van der Waals surface area contributed by atoms with E-state index in [0.29, 0.717) is 29.4 Å². The Morgan fingerprint density at radius 1 is 1.33 bits per heavy atom. The van der Waals surface area contributed by atoms with E-state index in [1.165, 1.54) is 19.3 Å². The molecule has 0 spiro atoms. The Balaban J connectivity index is 1.39. The number of aryl methyl sites for hydroxylation is 1. The third-order valence-corrected chi connectivity index (χ3v) is 8.00. The molecule has 2 saturated carbocycles. The van der Waals surface area contributed by atoms with Crippen molar-refractivity contribution in [3.05, 3.63) is 47.7 Å². The van der Waals surface area contributed by atoms with E-state index in [2.05, 4.69) is 47.7 Å². The number of amides is 1. The van der Waals surface area contributed by atoms with E-state index in [1.54, 1.807) is 0 Å². The minimum atomic E-state index is 0.138. The zero-order valence-electron chi connectivity index (χ0n) is 19.5. The van der Waals surface area contributed by atoms with E-state index >= 15 is 0 Å². The number of aromatic nitrogens is 3. The second-order valence-electron chi connectivity index (χ2n) is 10.0. The molecular weight excluding hydrogens is 410 g/mol. The fourth-order valence-corrected chi connectivity index (χ4v) is 5.79. The molecule has 3 aromatic rings. The topological polar surface area (TPSA) is 54.9 Å². The van der Waals surface area contributed by atoms with Gasteiger partial charge in [-0.2, -0.15) is 5.10 Å². The van der Waals surface area contributed by atoms with Crippen LogP contribution in [0.5, 0.6) is 0 Å². The lowest BCUT2D eigenvalue weighted by atomic mass is 10.0. The summed E-state index contributed by atoms with van der Waals surface area (Å²) in [5, 5.41) is 4.95. The van der Waals surface area contributed by atoms with E-state index in [-0.39, 0.29) is 5.91 Å². The van der Waals surface area contributed by atoms with Crippen molar-refractivity contribution in [2.45, 2.75) is 52.1 Å². The maximum absolute atomic E-state index is 13.3. The Kier molecular flexibility index (Phi) is 4.61. The van der Waals surface area contributed by atoms with Gasteiger partial charge >= 0.3 is 0 Å². The highest BCUT2D eigenvalue weighted by atomic mass is 16.2. The molecule has 0 radical (unpaired) electrons. The molecule has 3 aromatic heterocycles. The summed E-state index contributed by atoms with van der Waals surface area (Å²) < 4.78 is 4.11. The van der Waals surface area contributed by atoms with Crippen LogP contribution in [0.25, 0.3) is 23.0 Å². The molecule has 1 amide bonds. The van der Waals surface area contributed by atoms with Gasteiger partial charge in [0.1, 0.15) is 11.5 Å². The van der Waals surface area contributed by atoms with Gasteiger partial charge in [0.05, 0.1) is 16.8 Å². The summed E-state index contributed by atoms with van der Waals surface area (Å²) in [5.41, 5.74) is 5.78. The molecule has 0 bridgehead atoms. The Labute approximate surface area is 194 Å². The van der Waals surface area contributed by atoms with Crippen LogP contribution in [0, 0.1) is 24.7 Å². The van der Waals surface area contributed by atoms with Crippen molar-refractivity contribution in [1.82, 2.24) is 19.1 Å². The van der Waals surface area contributed by atoms with Gasteiger partial charge in [0.2, 0.25) is 0 Å². The summed E-state index contributed by atoms with van der Waals surface area (Å²) in [6.45, 7) is 13.9. The number of carbonyl (C=O) groups excluding carboxylic acids is 1. The predicted octanol–water partition coefficient (Wildman–Crippen LogP) is 5.37. The first-order chi connectivity index (χ1) is 16.0. The van der Waals surface area contributed by atoms with Gasteiger partial charge in [-0.15, -0.1) is 0 Å². The molecule has 2 unspecified atom stereocenters. The lowest BCUT2D eigenvalue weighted by molar-refractivity contribution is 0.0757. The van der Waals surface area contributed by atoms with Gasteiger partial charge in [0.25, 0.3) is 5.91 Å². The van der Waals surface area contributed by atoms with Crippen LogP contribution in [0.3, 0.4) is 0 Å². The van der Waals surface area contributed by atoms with Crippen LogP contribution in [0.15, 0.2) is 36.0 Å². The van der Waals surface area contributed by atoms with E-state index in [0.717, 1.165) is 53.4 Å². The van der Waals surface area contributed by atoms with Crippen molar-refractivity contribution in [3.63, 3.8) is 0 Å². The van der Waals surface area contributed by atoms with E-state index in [1.807, 2.05) is 28.9 Å². The van der Waals surface area contributed by atoms with Gasteiger partial charge in [-0.05, 0) is 68.9 Å². The minimum absolute atomic E-state index is 0.138. The summed E-state index contributed by atoms with van der Waals surface area (Å²) in [6.07, 6.45) is 8.57. The van der Waals surface area contributed by atoms with Gasteiger partial charge < -0.3 is 9.47 Å². The molecule has 0 N–H and O–H groups in total. The lowest BCUT2D eigenvalue weighted by Gasteiger charge is -2.20. The van der Waals surface area contributed by atoms with Crippen LogP contribution < -0.4 is 0 Å². The van der Waals surface area contributed by atoms with Crippen LogP contribution >= 0.6 is 0 Å². The highest BCUT2D eigenvalue weighted by Gasteiger charge is 2.54. The normalized spacial score (nSPS) is 23.7. The lowest BCUT2D eigenvalue weighted by Crippen LogP contribution is -2.32. The number of carbonyl (C=O) groups is 1. The highest BCUT2D eigenvalue weighted by molar-refractivity contribution is 5.95. The minimum Gasteiger partial charge on any atom is -0.335 e. The second-order valence-corrected chi connectivity index (χ2v) is 10.0. The van der Waals surface area contributed by atoms with Crippen LogP contribution in [0.1, 0.15) is 54.1 Å². The summed E-state index contributed by atoms with van der Waals surface area (Å²) in [7, 11) is 0. The number of fused-ring (bicyclic) bond motifs is 2. The predicted molar refractivity (Wildman–Crippen MR) is 132 cm³/mol. The molecule has 6 rings (SSSR count). The van der Waals surface area contributed by atoms with Crippen molar-refractivity contribution in [1.29, 1.82) is 0 Å². The fourth-order valence-electron chi connectivity index (χ4n) is 5.79. The Hall–Kier alpha value is -3.15. The standard InChI is InChI=1S/C27H31N5O/c1-5-18-11-24(30(26(18)28-4)13-17-7-8-17)25-16(3)22-10-9-20(15-32(22)29-25)27(33)31-14-19(6-2)21-12-23(21)31/h5,9-11,15,17,19,21,23H,1,4,6-8,12-14H2,2-3H3/t19?,21-,23?/m1/s1. The molecule has 6 heteroatoms. The van der Waals surface area contributed by atoms with Crippen molar-refractivity contribution in [2.24, 2.45) is 22.7 Å². The quantitative estimate of drug-likeness (QED) is 0.463. The Bertz CT molecular complexity index is 1290. The second kappa shape index (κ2) is 7.44. The van der Waals surface area contributed by atoms with Gasteiger partial charge in [-0.25, -0.2) is 9.51 Å². The van der Waals surface area contributed by atoms with Crippen LogP contribution in [0.4, 0.5) is 5.82 Å². The number of nitrogens with zero attached hydrogens (tertiary/aromatic N) is 5. The maximum atomic E-state index is 13.3. The summed E-state index contributed by atoms with van der Waals surface area (Å²) >= 11 is 0. The number of hydrogen-bond acceptors (Lipinski definition) is 3. The van der Waals surface area contributed by atoms with Crippen LogP contribution in [0.2, 0.25) is 0 Å². The largest absolute Gasteiger partial charge is 0.335 e.